The van der Waals surface area contributed by atoms with Gasteiger partial charge in [-0.05, 0) is 12.0 Å². The second-order valence-corrected chi connectivity index (χ2v) is 5.03. The van der Waals surface area contributed by atoms with E-state index in [0.29, 0.717) is 0 Å². The first-order chi connectivity index (χ1) is 11.3. The Hall–Kier alpha value is -3.10. The maximum absolute atomic E-state index is 11.7. The van der Waals surface area contributed by atoms with Crippen LogP contribution in [0.3, 0.4) is 0 Å². The number of carbonyl (C=O) groups excluding carboxylic acids is 2. The first kappa shape index (κ1) is 18.9. The Morgan fingerprint density at radius 3 is 2.25 bits per heavy atom. The van der Waals surface area contributed by atoms with Crippen LogP contribution in [0.25, 0.3) is 0 Å². The number of hydrogen-bond donors (Lipinski definition) is 4. The largest absolute Gasteiger partial charge is 0.481 e. The molecule has 0 aliphatic carbocycles. The van der Waals surface area contributed by atoms with Crippen molar-refractivity contribution >= 4 is 23.9 Å². The van der Waals surface area contributed by atoms with Crippen LogP contribution >= 0.6 is 0 Å². The second-order valence-electron chi connectivity index (χ2n) is 5.03. The normalized spacial score (nSPS) is 12.7. The molecule has 0 heterocycles. The number of nitrogens with two attached hydrogens (primary N) is 1. The molecule has 1 aromatic rings. The number of ether oxygens (including phenoxy) is 1. The van der Waals surface area contributed by atoms with E-state index < -0.39 is 48.7 Å². The Morgan fingerprint density at radius 2 is 1.75 bits per heavy atom. The zero-order valence-corrected chi connectivity index (χ0v) is 12.7. The lowest BCUT2D eigenvalue weighted by molar-refractivity contribution is -0.148. The van der Waals surface area contributed by atoms with E-state index in [1.54, 1.807) is 30.3 Å². The predicted molar refractivity (Wildman–Crippen MR) is 80.7 cm³/mol. The van der Waals surface area contributed by atoms with Crippen molar-refractivity contribution in [3.63, 3.8) is 0 Å². The average molecular weight is 338 g/mol. The number of alkyl carbamates (subject to hydrolysis) is 1. The highest BCUT2D eigenvalue weighted by Crippen LogP contribution is 2.12. The van der Waals surface area contributed by atoms with Gasteiger partial charge in [0.2, 0.25) is 5.91 Å². The van der Waals surface area contributed by atoms with E-state index in [9.17, 15) is 19.2 Å². The lowest BCUT2D eigenvalue weighted by atomic mass is 9.96. The number of carboxylic acids is 2. The van der Waals surface area contributed by atoms with Crippen LogP contribution in [0.5, 0.6) is 0 Å². The standard InChI is InChI=1S/C15H18N2O7/c16-13(20)11(6-10(14(21)22)7-12(18)19)17-15(23)24-8-9-4-2-1-3-5-9/h1-5,10-11H,6-8H2,(H2,16,20)(H,17,23)(H,18,19)(H,21,22)/t10?,11-/m0/s1. The topological polar surface area (TPSA) is 156 Å². The van der Waals surface area contributed by atoms with Crippen LogP contribution in [0, 0.1) is 5.92 Å². The summed E-state index contributed by atoms with van der Waals surface area (Å²) in [6, 6.07) is 7.41. The van der Waals surface area contributed by atoms with Crippen molar-refractivity contribution < 1.29 is 34.1 Å². The molecule has 2 amide bonds. The van der Waals surface area contributed by atoms with Crippen molar-refractivity contribution in [2.24, 2.45) is 11.7 Å². The molecule has 0 radical (unpaired) electrons. The zero-order valence-electron chi connectivity index (χ0n) is 12.7. The molecule has 0 aliphatic rings. The fourth-order valence-corrected chi connectivity index (χ4v) is 1.92. The van der Waals surface area contributed by atoms with E-state index in [4.69, 9.17) is 20.7 Å². The average Bonchev–Trinajstić information content (AvgIpc) is 2.51. The summed E-state index contributed by atoms with van der Waals surface area (Å²) in [5.41, 5.74) is 5.84. The molecule has 0 saturated carbocycles. The molecule has 1 aromatic carbocycles. The molecule has 9 heteroatoms. The summed E-state index contributed by atoms with van der Waals surface area (Å²) in [6.45, 7) is -0.0460. The van der Waals surface area contributed by atoms with Crippen molar-refractivity contribution in [3.8, 4) is 0 Å². The summed E-state index contributed by atoms with van der Waals surface area (Å²) >= 11 is 0. The van der Waals surface area contributed by atoms with Gasteiger partial charge in [0.25, 0.3) is 0 Å². The van der Waals surface area contributed by atoms with Crippen LogP contribution in [0.2, 0.25) is 0 Å². The number of rotatable bonds is 9. The van der Waals surface area contributed by atoms with E-state index in [2.05, 4.69) is 5.32 Å². The van der Waals surface area contributed by atoms with E-state index >= 15 is 0 Å². The van der Waals surface area contributed by atoms with E-state index in [1.807, 2.05) is 0 Å². The first-order valence-corrected chi connectivity index (χ1v) is 7.00. The van der Waals surface area contributed by atoms with Gasteiger partial charge >= 0.3 is 18.0 Å². The molecule has 0 aliphatic heterocycles. The summed E-state index contributed by atoms with van der Waals surface area (Å²) in [4.78, 5) is 44.8. The molecule has 2 atom stereocenters. The van der Waals surface area contributed by atoms with Gasteiger partial charge in [-0.25, -0.2) is 4.79 Å². The minimum Gasteiger partial charge on any atom is -0.481 e. The fourth-order valence-electron chi connectivity index (χ4n) is 1.92. The van der Waals surface area contributed by atoms with Crippen LogP contribution in [0.15, 0.2) is 30.3 Å². The van der Waals surface area contributed by atoms with E-state index in [0.717, 1.165) is 5.56 Å². The van der Waals surface area contributed by atoms with Crippen molar-refractivity contribution in [2.45, 2.75) is 25.5 Å². The Kier molecular flexibility index (Phi) is 7.21. The van der Waals surface area contributed by atoms with Gasteiger partial charge in [0.1, 0.15) is 12.6 Å². The molecule has 1 rings (SSSR count). The molecular formula is C15H18N2O7. The van der Waals surface area contributed by atoms with Gasteiger partial charge < -0.3 is 26.0 Å². The Morgan fingerprint density at radius 1 is 1.12 bits per heavy atom. The third kappa shape index (κ3) is 6.77. The summed E-state index contributed by atoms with van der Waals surface area (Å²) in [5, 5.41) is 19.8. The number of amides is 2. The van der Waals surface area contributed by atoms with E-state index in [1.165, 1.54) is 0 Å². The first-order valence-electron chi connectivity index (χ1n) is 7.00. The third-order valence-electron chi connectivity index (χ3n) is 3.14. The molecule has 0 aromatic heterocycles. The van der Waals surface area contributed by atoms with Crippen molar-refractivity contribution in [2.75, 3.05) is 0 Å². The zero-order chi connectivity index (χ0) is 18.1. The summed E-state index contributed by atoms with van der Waals surface area (Å²) in [7, 11) is 0. The van der Waals surface area contributed by atoms with Crippen molar-refractivity contribution in [3.05, 3.63) is 35.9 Å². The molecular weight excluding hydrogens is 320 g/mol. The number of benzene rings is 1. The minimum absolute atomic E-state index is 0.0460. The summed E-state index contributed by atoms with van der Waals surface area (Å²) in [6.07, 6.45) is -2.10. The molecule has 5 N–H and O–H groups in total. The van der Waals surface area contributed by atoms with Crippen LogP contribution in [-0.2, 0) is 25.7 Å². The molecule has 0 saturated heterocycles. The number of nitrogens with one attached hydrogen (secondary N) is 1. The number of carbonyl (C=O) groups is 4. The molecule has 0 fully saturated rings. The number of hydrogen-bond acceptors (Lipinski definition) is 5. The maximum Gasteiger partial charge on any atom is 0.408 e. The summed E-state index contributed by atoms with van der Waals surface area (Å²) < 4.78 is 4.91. The van der Waals surface area contributed by atoms with Gasteiger partial charge in [-0.3, -0.25) is 14.4 Å². The minimum atomic E-state index is -1.40. The van der Waals surface area contributed by atoms with Crippen molar-refractivity contribution in [1.82, 2.24) is 5.32 Å². The highest BCUT2D eigenvalue weighted by molar-refractivity contribution is 5.85. The van der Waals surface area contributed by atoms with Gasteiger partial charge in [0, 0.05) is 0 Å². The lowest BCUT2D eigenvalue weighted by Crippen LogP contribution is -2.46. The van der Waals surface area contributed by atoms with Gasteiger partial charge in [0.05, 0.1) is 12.3 Å². The van der Waals surface area contributed by atoms with Crippen LogP contribution in [0.1, 0.15) is 18.4 Å². The molecule has 130 valence electrons. The molecule has 1 unspecified atom stereocenters. The molecule has 0 bridgehead atoms. The highest BCUT2D eigenvalue weighted by atomic mass is 16.5. The van der Waals surface area contributed by atoms with Crippen LogP contribution in [-0.4, -0.2) is 40.2 Å². The lowest BCUT2D eigenvalue weighted by Gasteiger charge is -2.18. The highest BCUT2D eigenvalue weighted by Gasteiger charge is 2.29. The Balaban J connectivity index is 2.61. The Bertz CT molecular complexity index is 603. The van der Waals surface area contributed by atoms with Crippen LogP contribution < -0.4 is 11.1 Å². The maximum atomic E-state index is 11.7. The molecule has 0 spiro atoms. The van der Waals surface area contributed by atoms with Crippen LogP contribution in [0.4, 0.5) is 4.79 Å². The van der Waals surface area contributed by atoms with E-state index in [-0.39, 0.29) is 6.61 Å². The fraction of sp³-hybridized carbons (Fsp3) is 0.333. The molecule has 24 heavy (non-hydrogen) atoms. The Labute approximate surface area is 137 Å². The number of carboxylic acid groups (broad SMARTS) is 2. The van der Waals surface area contributed by atoms with Gasteiger partial charge in [-0.2, -0.15) is 0 Å². The van der Waals surface area contributed by atoms with Crippen molar-refractivity contribution in [1.29, 1.82) is 0 Å². The van der Waals surface area contributed by atoms with Gasteiger partial charge in [-0.1, -0.05) is 30.3 Å². The smallest absolute Gasteiger partial charge is 0.408 e. The second kappa shape index (κ2) is 9.13. The summed E-state index contributed by atoms with van der Waals surface area (Å²) in [5.74, 6) is -5.09. The van der Waals surface area contributed by atoms with Gasteiger partial charge in [0.15, 0.2) is 0 Å². The third-order valence-corrected chi connectivity index (χ3v) is 3.14. The van der Waals surface area contributed by atoms with Gasteiger partial charge in [-0.15, -0.1) is 0 Å². The molecule has 9 nitrogen and oxygen atoms in total. The predicted octanol–water partition coefficient (Wildman–Crippen LogP) is 0.332. The monoisotopic (exact) mass is 338 g/mol. The quantitative estimate of drug-likeness (QED) is 0.505. The number of aliphatic carboxylic acids is 2. The SMILES string of the molecule is NC(=O)[C@H](CC(CC(=O)O)C(=O)O)NC(=O)OCc1ccccc1. The number of primary amides is 1.